The maximum atomic E-state index is 9.48. The molecular weight excluding hydrogens is 298 g/mol. The molecule has 0 saturated heterocycles. The van der Waals surface area contributed by atoms with Gasteiger partial charge in [-0.1, -0.05) is 42.8 Å². The molecule has 17 heavy (non-hydrogen) atoms. The van der Waals surface area contributed by atoms with E-state index in [4.69, 9.17) is 5.73 Å². The fourth-order valence-electron chi connectivity index (χ4n) is 1.50. The van der Waals surface area contributed by atoms with Crippen LogP contribution >= 0.6 is 27.7 Å². The fraction of sp³-hybridized carbons (Fsp3) is 0.538. The molecule has 2 nitrogen and oxygen atoms in total. The van der Waals surface area contributed by atoms with E-state index in [1.807, 2.05) is 24.3 Å². The third-order valence-corrected chi connectivity index (χ3v) is 4.43. The van der Waals surface area contributed by atoms with Crippen LogP contribution in [-0.2, 0) is 0 Å². The van der Waals surface area contributed by atoms with Crippen LogP contribution in [0.15, 0.2) is 33.6 Å². The van der Waals surface area contributed by atoms with E-state index in [1.165, 1.54) is 0 Å². The third kappa shape index (κ3) is 4.62. The highest BCUT2D eigenvalue weighted by Crippen LogP contribution is 2.32. The first-order chi connectivity index (χ1) is 7.84. The Morgan fingerprint density at radius 2 is 2.06 bits per heavy atom. The second kappa shape index (κ2) is 6.23. The fourth-order valence-corrected chi connectivity index (χ4v) is 3.38. The highest BCUT2D eigenvalue weighted by atomic mass is 79.9. The summed E-state index contributed by atoms with van der Waals surface area (Å²) in [6, 6.07) is 8.01. The lowest BCUT2D eigenvalue weighted by molar-refractivity contribution is 0.233. The molecule has 0 bridgehead atoms. The van der Waals surface area contributed by atoms with Gasteiger partial charge in [-0.2, -0.15) is 0 Å². The minimum atomic E-state index is -0.0449. The van der Waals surface area contributed by atoms with Crippen molar-refractivity contribution in [3.05, 3.63) is 28.7 Å². The summed E-state index contributed by atoms with van der Waals surface area (Å²) in [6.07, 6.45) is 0. The first-order valence-electron chi connectivity index (χ1n) is 5.63. The highest BCUT2D eigenvalue weighted by molar-refractivity contribution is 9.10. The molecule has 3 N–H and O–H groups in total. The quantitative estimate of drug-likeness (QED) is 0.838. The Hall–Kier alpha value is -0.0300. The van der Waals surface area contributed by atoms with Crippen molar-refractivity contribution in [3.63, 3.8) is 0 Å². The monoisotopic (exact) mass is 317 g/mol. The summed E-state index contributed by atoms with van der Waals surface area (Å²) in [5.41, 5.74) is 6.19. The van der Waals surface area contributed by atoms with Crippen LogP contribution in [0.1, 0.15) is 20.8 Å². The smallest absolute Gasteiger partial charge is 0.0568 e. The first-order valence-corrected chi connectivity index (χ1v) is 7.30. The average Bonchev–Trinajstić information content (AvgIpc) is 2.24. The molecule has 0 spiro atoms. The lowest BCUT2D eigenvalue weighted by Crippen LogP contribution is -2.45. The zero-order chi connectivity index (χ0) is 13.1. The molecule has 0 aromatic heterocycles. The average molecular weight is 318 g/mol. The molecule has 2 atom stereocenters. The molecule has 0 fully saturated rings. The van der Waals surface area contributed by atoms with Crippen molar-refractivity contribution in [1.82, 2.24) is 0 Å². The van der Waals surface area contributed by atoms with E-state index >= 15 is 0 Å². The van der Waals surface area contributed by atoms with Crippen LogP contribution in [0, 0.1) is 5.41 Å². The van der Waals surface area contributed by atoms with E-state index in [1.54, 1.807) is 11.8 Å². The van der Waals surface area contributed by atoms with Gasteiger partial charge in [0.15, 0.2) is 0 Å². The Kier molecular flexibility index (Phi) is 5.51. The van der Waals surface area contributed by atoms with Gasteiger partial charge in [0.05, 0.1) is 6.61 Å². The lowest BCUT2D eigenvalue weighted by atomic mass is 9.85. The van der Waals surface area contributed by atoms with E-state index in [0.29, 0.717) is 0 Å². The standard InChI is InChI=1S/C13H20BrNOS/c1-13(2,3)12(15)11(8-16)17-10-6-4-5-9(14)7-10/h4-7,11-12,16H,8,15H2,1-3H3. The number of aliphatic hydroxyl groups is 1. The maximum absolute atomic E-state index is 9.48. The molecule has 0 aliphatic heterocycles. The van der Waals surface area contributed by atoms with Gasteiger partial charge in [-0.25, -0.2) is 0 Å². The molecule has 96 valence electrons. The van der Waals surface area contributed by atoms with Crippen LogP contribution in [0.5, 0.6) is 0 Å². The van der Waals surface area contributed by atoms with Gasteiger partial charge in [-0.05, 0) is 23.6 Å². The van der Waals surface area contributed by atoms with Crippen LogP contribution in [0.2, 0.25) is 0 Å². The Morgan fingerprint density at radius 3 is 2.53 bits per heavy atom. The molecule has 0 heterocycles. The van der Waals surface area contributed by atoms with Crippen molar-refractivity contribution in [2.24, 2.45) is 11.1 Å². The van der Waals surface area contributed by atoms with Crippen molar-refractivity contribution in [1.29, 1.82) is 0 Å². The van der Waals surface area contributed by atoms with Crippen molar-refractivity contribution in [3.8, 4) is 0 Å². The SMILES string of the molecule is CC(C)(C)C(N)C(CO)Sc1cccc(Br)c1. The molecular formula is C13H20BrNOS. The summed E-state index contributed by atoms with van der Waals surface area (Å²) in [4.78, 5) is 1.12. The maximum Gasteiger partial charge on any atom is 0.0568 e. The molecule has 2 unspecified atom stereocenters. The van der Waals surface area contributed by atoms with Gasteiger partial charge in [-0.15, -0.1) is 11.8 Å². The minimum Gasteiger partial charge on any atom is -0.395 e. The topological polar surface area (TPSA) is 46.2 Å². The zero-order valence-electron chi connectivity index (χ0n) is 10.5. The van der Waals surface area contributed by atoms with Crippen molar-refractivity contribution in [2.45, 2.75) is 37.0 Å². The van der Waals surface area contributed by atoms with Crippen molar-refractivity contribution < 1.29 is 5.11 Å². The van der Waals surface area contributed by atoms with Gasteiger partial charge in [0, 0.05) is 20.7 Å². The zero-order valence-corrected chi connectivity index (χ0v) is 12.9. The third-order valence-electron chi connectivity index (χ3n) is 2.66. The van der Waals surface area contributed by atoms with Gasteiger partial charge in [0.1, 0.15) is 0 Å². The number of halogens is 1. The normalized spacial score (nSPS) is 15.6. The number of hydrogen-bond donors (Lipinski definition) is 2. The number of hydrogen-bond acceptors (Lipinski definition) is 3. The Labute approximate surface area is 116 Å². The van der Waals surface area contributed by atoms with E-state index in [9.17, 15) is 5.11 Å². The molecule has 4 heteroatoms. The number of thioether (sulfide) groups is 1. The van der Waals surface area contributed by atoms with Crippen LogP contribution in [0.25, 0.3) is 0 Å². The van der Waals surface area contributed by atoms with E-state index < -0.39 is 0 Å². The van der Waals surface area contributed by atoms with Crippen LogP contribution in [0.3, 0.4) is 0 Å². The van der Waals surface area contributed by atoms with E-state index in [2.05, 4.69) is 36.7 Å². The molecule has 0 aliphatic carbocycles. The van der Waals surface area contributed by atoms with Gasteiger partial charge in [0.25, 0.3) is 0 Å². The molecule has 0 amide bonds. The van der Waals surface area contributed by atoms with Crippen LogP contribution < -0.4 is 5.73 Å². The second-order valence-electron chi connectivity index (χ2n) is 5.19. The predicted molar refractivity (Wildman–Crippen MR) is 78.3 cm³/mol. The molecule has 0 aliphatic rings. The summed E-state index contributed by atoms with van der Waals surface area (Å²) < 4.78 is 1.04. The molecule has 0 saturated carbocycles. The minimum absolute atomic E-state index is 0.00753. The number of aliphatic hydroxyl groups excluding tert-OH is 1. The van der Waals surface area contributed by atoms with Gasteiger partial charge in [0.2, 0.25) is 0 Å². The molecule has 1 rings (SSSR count). The first kappa shape index (κ1) is 15.0. The second-order valence-corrected chi connectivity index (χ2v) is 7.42. The summed E-state index contributed by atoms with van der Waals surface area (Å²) >= 11 is 5.08. The van der Waals surface area contributed by atoms with Crippen LogP contribution in [-0.4, -0.2) is 23.0 Å². The largest absolute Gasteiger partial charge is 0.395 e. The van der Waals surface area contributed by atoms with Gasteiger partial charge in [-0.3, -0.25) is 0 Å². The van der Waals surface area contributed by atoms with Crippen molar-refractivity contribution >= 4 is 27.7 Å². The molecule has 1 aromatic rings. The number of nitrogens with two attached hydrogens (primary N) is 1. The Morgan fingerprint density at radius 1 is 1.41 bits per heavy atom. The van der Waals surface area contributed by atoms with Crippen LogP contribution in [0.4, 0.5) is 0 Å². The molecule has 1 aromatic carbocycles. The summed E-state index contributed by atoms with van der Waals surface area (Å²) in [5.74, 6) is 0. The molecule has 0 radical (unpaired) electrons. The van der Waals surface area contributed by atoms with E-state index in [-0.39, 0.29) is 23.3 Å². The summed E-state index contributed by atoms with van der Waals surface area (Å²) in [7, 11) is 0. The Bertz CT molecular complexity index is 365. The number of rotatable bonds is 4. The summed E-state index contributed by atoms with van der Waals surface area (Å²) in [5, 5.41) is 9.50. The van der Waals surface area contributed by atoms with E-state index in [0.717, 1.165) is 9.37 Å². The number of benzene rings is 1. The highest BCUT2D eigenvalue weighted by Gasteiger charge is 2.29. The Balaban J connectivity index is 2.77. The lowest BCUT2D eigenvalue weighted by Gasteiger charge is -2.32. The predicted octanol–water partition coefficient (Wildman–Crippen LogP) is 3.28. The van der Waals surface area contributed by atoms with Gasteiger partial charge >= 0.3 is 0 Å². The summed E-state index contributed by atoms with van der Waals surface area (Å²) in [6.45, 7) is 6.39. The van der Waals surface area contributed by atoms with Gasteiger partial charge < -0.3 is 10.8 Å². The van der Waals surface area contributed by atoms with Crippen molar-refractivity contribution in [2.75, 3.05) is 6.61 Å².